The van der Waals surface area contributed by atoms with E-state index in [1.807, 2.05) is 5.38 Å². The summed E-state index contributed by atoms with van der Waals surface area (Å²) in [7, 11) is 0. The third kappa shape index (κ3) is 3.99. The number of hydrogen-bond donors (Lipinski definition) is 3. The van der Waals surface area contributed by atoms with Crippen LogP contribution in [-0.4, -0.2) is 28.1 Å². The van der Waals surface area contributed by atoms with Gasteiger partial charge in [0.15, 0.2) is 0 Å². The van der Waals surface area contributed by atoms with E-state index in [2.05, 4.69) is 15.6 Å². The first-order valence-corrected chi connectivity index (χ1v) is 6.49. The number of hydrogen-bond acceptors (Lipinski definition) is 4. The molecule has 2 amide bonds. The van der Waals surface area contributed by atoms with Gasteiger partial charge in [-0.3, -0.25) is 0 Å². The molecule has 1 aromatic rings. The molecule has 0 aromatic carbocycles. The number of carbonyl (C=O) groups is 2. The van der Waals surface area contributed by atoms with Crippen LogP contribution in [0.2, 0.25) is 0 Å². The number of aromatic nitrogens is 1. The van der Waals surface area contributed by atoms with E-state index in [4.69, 9.17) is 5.11 Å². The highest BCUT2D eigenvalue weighted by Crippen LogP contribution is 2.14. The second kappa shape index (κ2) is 6.34. The number of thiazole rings is 1. The van der Waals surface area contributed by atoms with Gasteiger partial charge in [0.05, 0.1) is 6.04 Å². The molecule has 0 aliphatic heterocycles. The zero-order chi connectivity index (χ0) is 13.7. The molecular weight excluding hydrogens is 254 g/mol. The average molecular weight is 271 g/mol. The molecule has 2 atom stereocenters. The van der Waals surface area contributed by atoms with E-state index in [1.165, 1.54) is 11.3 Å². The van der Waals surface area contributed by atoms with Crippen LogP contribution in [-0.2, 0) is 4.79 Å². The lowest BCUT2D eigenvalue weighted by molar-refractivity contribution is -0.140. The molecule has 1 aromatic heterocycles. The second-order valence-corrected chi connectivity index (χ2v) is 5.20. The first kappa shape index (κ1) is 14.4. The fourth-order valence-corrected chi connectivity index (χ4v) is 2.05. The highest BCUT2D eigenvalue weighted by Gasteiger charge is 2.24. The van der Waals surface area contributed by atoms with E-state index in [0.717, 1.165) is 5.01 Å². The zero-order valence-electron chi connectivity index (χ0n) is 10.5. The van der Waals surface area contributed by atoms with Crippen molar-refractivity contribution < 1.29 is 14.7 Å². The number of carboxylic acids is 1. The molecule has 7 heteroatoms. The number of carbonyl (C=O) groups excluding carboxylic acids is 1. The number of aliphatic carboxylic acids is 1. The molecule has 0 radical (unpaired) electrons. The molecular formula is C11H17N3O3S. The van der Waals surface area contributed by atoms with E-state index in [0.29, 0.717) is 0 Å². The van der Waals surface area contributed by atoms with Crippen LogP contribution < -0.4 is 10.6 Å². The minimum Gasteiger partial charge on any atom is -0.480 e. The maximum atomic E-state index is 11.7. The quantitative estimate of drug-likeness (QED) is 0.758. The van der Waals surface area contributed by atoms with Gasteiger partial charge in [0.25, 0.3) is 0 Å². The van der Waals surface area contributed by atoms with Crippen LogP contribution >= 0.6 is 11.3 Å². The smallest absolute Gasteiger partial charge is 0.326 e. The van der Waals surface area contributed by atoms with Crippen molar-refractivity contribution in [3.8, 4) is 0 Å². The van der Waals surface area contributed by atoms with Gasteiger partial charge in [-0.05, 0) is 12.8 Å². The summed E-state index contributed by atoms with van der Waals surface area (Å²) in [6.07, 6.45) is 1.66. The highest BCUT2D eigenvalue weighted by atomic mass is 32.1. The largest absolute Gasteiger partial charge is 0.480 e. The van der Waals surface area contributed by atoms with Gasteiger partial charge in [-0.2, -0.15) is 0 Å². The average Bonchev–Trinajstić information content (AvgIpc) is 2.78. The van der Waals surface area contributed by atoms with Gasteiger partial charge in [0, 0.05) is 11.6 Å². The monoisotopic (exact) mass is 271 g/mol. The van der Waals surface area contributed by atoms with Crippen LogP contribution in [0.15, 0.2) is 11.6 Å². The summed E-state index contributed by atoms with van der Waals surface area (Å²) in [5.41, 5.74) is 0. The van der Waals surface area contributed by atoms with Crippen molar-refractivity contribution in [2.75, 3.05) is 0 Å². The van der Waals surface area contributed by atoms with Gasteiger partial charge >= 0.3 is 12.0 Å². The molecule has 3 N–H and O–H groups in total. The zero-order valence-corrected chi connectivity index (χ0v) is 11.3. The Morgan fingerprint density at radius 3 is 2.44 bits per heavy atom. The number of rotatable bonds is 5. The summed E-state index contributed by atoms with van der Waals surface area (Å²) < 4.78 is 0. The summed E-state index contributed by atoms with van der Waals surface area (Å²) in [5, 5.41) is 16.6. The minimum atomic E-state index is -1.04. The highest BCUT2D eigenvalue weighted by molar-refractivity contribution is 7.09. The van der Waals surface area contributed by atoms with Crippen molar-refractivity contribution in [2.45, 2.75) is 32.9 Å². The topological polar surface area (TPSA) is 91.3 Å². The molecule has 18 heavy (non-hydrogen) atoms. The van der Waals surface area contributed by atoms with Crippen molar-refractivity contribution >= 4 is 23.3 Å². The predicted molar refractivity (Wildman–Crippen MR) is 68.5 cm³/mol. The van der Waals surface area contributed by atoms with Crippen LogP contribution in [0.25, 0.3) is 0 Å². The Morgan fingerprint density at radius 1 is 1.33 bits per heavy atom. The molecule has 0 saturated carbocycles. The minimum absolute atomic E-state index is 0.177. The molecule has 0 aliphatic carbocycles. The van der Waals surface area contributed by atoms with E-state index in [-0.39, 0.29) is 12.0 Å². The lowest BCUT2D eigenvalue weighted by Crippen LogP contribution is -2.49. The Hall–Kier alpha value is -1.63. The Kier molecular flexibility index (Phi) is 5.08. The van der Waals surface area contributed by atoms with Gasteiger partial charge in [-0.15, -0.1) is 11.3 Å². The third-order valence-corrected chi connectivity index (χ3v) is 3.35. The van der Waals surface area contributed by atoms with E-state index >= 15 is 0 Å². The fraction of sp³-hybridized carbons (Fsp3) is 0.545. The predicted octanol–water partition coefficient (Wildman–Crippen LogP) is 1.61. The van der Waals surface area contributed by atoms with Crippen LogP contribution in [0.5, 0.6) is 0 Å². The van der Waals surface area contributed by atoms with Crippen LogP contribution in [0.1, 0.15) is 31.8 Å². The van der Waals surface area contributed by atoms with Crippen molar-refractivity contribution in [1.82, 2.24) is 15.6 Å². The maximum Gasteiger partial charge on any atom is 0.326 e. The summed E-state index contributed by atoms with van der Waals surface area (Å²) >= 11 is 1.43. The summed E-state index contributed by atoms with van der Waals surface area (Å²) in [4.78, 5) is 26.7. The van der Waals surface area contributed by atoms with E-state index in [9.17, 15) is 9.59 Å². The van der Waals surface area contributed by atoms with Gasteiger partial charge in [-0.25, -0.2) is 14.6 Å². The van der Waals surface area contributed by atoms with Crippen LogP contribution in [0, 0.1) is 5.92 Å². The third-order valence-electron chi connectivity index (χ3n) is 2.39. The van der Waals surface area contributed by atoms with Crippen LogP contribution in [0.4, 0.5) is 4.79 Å². The lowest BCUT2D eigenvalue weighted by atomic mass is 10.1. The molecule has 6 nitrogen and oxygen atoms in total. The number of nitrogens with zero attached hydrogens (tertiary/aromatic N) is 1. The van der Waals surface area contributed by atoms with Crippen molar-refractivity contribution in [2.24, 2.45) is 5.92 Å². The Bertz CT molecular complexity index is 406. The molecule has 0 spiro atoms. The SMILES string of the molecule is CC(NC(=O)N[C@H](C(=O)O)C(C)C)c1nccs1. The van der Waals surface area contributed by atoms with Gasteiger partial charge in [0.2, 0.25) is 0 Å². The lowest BCUT2D eigenvalue weighted by Gasteiger charge is -2.19. The van der Waals surface area contributed by atoms with Crippen LogP contribution in [0.3, 0.4) is 0 Å². The first-order valence-electron chi connectivity index (χ1n) is 5.61. The number of carboxylic acid groups (broad SMARTS) is 1. The van der Waals surface area contributed by atoms with Crippen molar-refractivity contribution in [3.63, 3.8) is 0 Å². The van der Waals surface area contributed by atoms with E-state index < -0.39 is 18.0 Å². The standard InChI is InChI=1S/C11H17N3O3S/c1-6(2)8(10(15)16)14-11(17)13-7(3)9-12-4-5-18-9/h4-8H,1-3H3,(H,15,16)(H2,13,14,17)/t7?,8-/m0/s1. The molecule has 0 bridgehead atoms. The molecule has 1 rings (SSSR count). The molecule has 100 valence electrons. The molecule has 1 unspecified atom stereocenters. The number of urea groups is 1. The first-order chi connectivity index (χ1) is 8.41. The van der Waals surface area contributed by atoms with Crippen molar-refractivity contribution in [3.05, 3.63) is 16.6 Å². The Balaban J connectivity index is 2.53. The Morgan fingerprint density at radius 2 is 2.00 bits per heavy atom. The van der Waals surface area contributed by atoms with Gasteiger partial charge < -0.3 is 15.7 Å². The second-order valence-electron chi connectivity index (χ2n) is 4.27. The normalized spacial score (nSPS) is 14.0. The molecule has 0 aliphatic rings. The number of amides is 2. The summed E-state index contributed by atoms with van der Waals surface area (Å²) in [5.74, 6) is -1.22. The Labute approximate surface area is 109 Å². The summed E-state index contributed by atoms with van der Waals surface area (Å²) in [6.45, 7) is 5.27. The number of nitrogens with one attached hydrogen (secondary N) is 2. The van der Waals surface area contributed by atoms with Gasteiger partial charge in [-0.1, -0.05) is 13.8 Å². The molecule has 0 fully saturated rings. The van der Waals surface area contributed by atoms with E-state index in [1.54, 1.807) is 27.0 Å². The maximum absolute atomic E-state index is 11.7. The van der Waals surface area contributed by atoms with Crippen molar-refractivity contribution in [1.29, 1.82) is 0 Å². The van der Waals surface area contributed by atoms with Gasteiger partial charge in [0.1, 0.15) is 11.0 Å². The molecule has 1 heterocycles. The molecule has 0 saturated heterocycles. The fourth-order valence-electron chi connectivity index (χ4n) is 1.40. The summed E-state index contributed by atoms with van der Waals surface area (Å²) in [6, 6.07) is -1.64.